The Kier molecular flexibility index (Phi) is 3.72. The average Bonchev–Trinajstić information content (AvgIpc) is 2.52. The fraction of sp³-hybridized carbons (Fsp3) is 0.188. The highest BCUT2D eigenvalue weighted by molar-refractivity contribution is 5.50. The van der Waals surface area contributed by atoms with Crippen LogP contribution in [0.25, 0.3) is 0 Å². The van der Waals surface area contributed by atoms with Crippen LogP contribution in [0.4, 0.5) is 0 Å². The second-order valence-electron chi connectivity index (χ2n) is 5.24. The van der Waals surface area contributed by atoms with Gasteiger partial charge in [0, 0.05) is 6.07 Å². The van der Waals surface area contributed by atoms with E-state index >= 15 is 0 Å². The van der Waals surface area contributed by atoms with Crippen LogP contribution in [0.5, 0.6) is 11.5 Å². The molecule has 1 aromatic heterocycles. The van der Waals surface area contributed by atoms with Crippen LogP contribution < -0.4 is 20.8 Å². The predicted molar refractivity (Wildman–Crippen MR) is 83.4 cm³/mol. The highest BCUT2D eigenvalue weighted by atomic mass is 16.6. The molecule has 1 aliphatic heterocycles. The molecule has 2 N–H and O–H groups in total. The third-order valence-electron chi connectivity index (χ3n) is 3.73. The first-order valence-corrected chi connectivity index (χ1v) is 7.03. The Morgan fingerprint density at radius 1 is 1.33 bits per heavy atom. The number of hydrogen-bond donors (Lipinski definition) is 1. The SMILES string of the molecule is COc1cccc(C2C([N+](=O)[O-])=C(N)Oc3cc(C)oc(=O)c32)c1. The highest BCUT2D eigenvalue weighted by Crippen LogP contribution is 2.41. The molecule has 24 heavy (non-hydrogen) atoms. The topological polar surface area (TPSA) is 118 Å². The number of fused-ring (bicyclic) bond motifs is 1. The number of benzene rings is 1. The zero-order valence-electron chi connectivity index (χ0n) is 12.9. The summed E-state index contributed by atoms with van der Waals surface area (Å²) in [7, 11) is 1.48. The fourth-order valence-electron chi connectivity index (χ4n) is 2.73. The number of nitrogens with zero attached hydrogens (tertiary/aromatic N) is 1. The Morgan fingerprint density at radius 2 is 2.08 bits per heavy atom. The van der Waals surface area contributed by atoms with E-state index in [1.54, 1.807) is 31.2 Å². The molecule has 124 valence electrons. The molecule has 0 radical (unpaired) electrons. The second-order valence-corrected chi connectivity index (χ2v) is 5.24. The van der Waals surface area contributed by atoms with Crippen LogP contribution in [-0.2, 0) is 0 Å². The fourth-order valence-corrected chi connectivity index (χ4v) is 2.73. The summed E-state index contributed by atoms with van der Waals surface area (Å²) in [5, 5.41) is 11.5. The molecule has 1 aliphatic rings. The maximum absolute atomic E-state index is 12.3. The molecule has 0 spiro atoms. The minimum absolute atomic E-state index is 0.0368. The summed E-state index contributed by atoms with van der Waals surface area (Å²) < 4.78 is 15.6. The molecular weight excluding hydrogens is 316 g/mol. The first-order valence-electron chi connectivity index (χ1n) is 7.03. The molecule has 2 heterocycles. The van der Waals surface area contributed by atoms with Gasteiger partial charge in [-0.15, -0.1) is 0 Å². The van der Waals surface area contributed by atoms with Crippen molar-refractivity contribution in [3.63, 3.8) is 0 Å². The van der Waals surface area contributed by atoms with Gasteiger partial charge in [0.2, 0.25) is 0 Å². The van der Waals surface area contributed by atoms with E-state index in [4.69, 9.17) is 19.6 Å². The van der Waals surface area contributed by atoms with Crippen LogP contribution in [0.3, 0.4) is 0 Å². The molecular formula is C16H14N2O6. The number of hydrogen-bond acceptors (Lipinski definition) is 7. The van der Waals surface area contributed by atoms with Crippen molar-refractivity contribution in [3.05, 3.63) is 79.3 Å². The largest absolute Gasteiger partial charge is 0.497 e. The lowest BCUT2D eigenvalue weighted by atomic mass is 9.87. The Bertz CT molecular complexity index is 915. The molecule has 1 atom stereocenters. The smallest absolute Gasteiger partial charge is 0.344 e. The van der Waals surface area contributed by atoms with Crippen molar-refractivity contribution in [1.29, 1.82) is 0 Å². The van der Waals surface area contributed by atoms with Gasteiger partial charge in [-0.3, -0.25) is 10.1 Å². The van der Waals surface area contributed by atoms with Crippen LogP contribution in [0, 0.1) is 17.0 Å². The van der Waals surface area contributed by atoms with E-state index in [1.165, 1.54) is 13.2 Å². The summed E-state index contributed by atoms with van der Waals surface area (Å²) >= 11 is 0. The van der Waals surface area contributed by atoms with Crippen molar-refractivity contribution >= 4 is 0 Å². The molecule has 2 aromatic rings. The summed E-state index contributed by atoms with van der Waals surface area (Å²) in [4.78, 5) is 23.2. The molecule has 8 heteroatoms. The molecule has 0 fully saturated rings. The van der Waals surface area contributed by atoms with Crippen LogP contribution in [0.2, 0.25) is 0 Å². The average molecular weight is 330 g/mol. The summed E-state index contributed by atoms with van der Waals surface area (Å²) in [6.07, 6.45) is 0. The Balaban J connectivity index is 2.31. The second kappa shape index (κ2) is 5.73. The third kappa shape index (κ3) is 2.47. The van der Waals surface area contributed by atoms with Crippen LogP contribution in [-0.4, -0.2) is 12.0 Å². The van der Waals surface area contributed by atoms with E-state index in [0.717, 1.165) is 0 Å². The maximum Gasteiger partial charge on any atom is 0.344 e. The van der Waals surface area contributed by atoms with E-state index in [0.29, 0.717) is 17.1 Å². The van der Waals surface area contributed by atoms with Crippen molar-refractivity contribution in [3.8, 4) is 11.5 Å². The Labute approximate surface area is 136 Å². The molecule has 1 aromatic carbocycles. The maximum atomic E-state index is 12.3. The zero-order chi connectivity index (χ0) is 17.4. The summed E-state index contributed by atoms with van der Waals surface area (Å²) in [5.41, 5.74) is 5.14. The van der Waals surface area contributed by atoms with Gasteiger partial charge in [-0.05, 0) is 24.6 Å². The Morgan fingerprint density at radius 3 is 2.75 bits per heavy atom. The van der Waals surface area contributed by atoms with Crippen molar-refractivity contribution in [2.45, 2.75) is 12.8 Å². The van der Waals surface area contributed by atoms with Gasteiger partial charge in [0.05, 0.1) is 17.6 Å². The van der Waals surface area contributed by atoms with Crippen LogP contribution in [0.15, 0.2) is 51.1 Å². The van der Waals surface area contributed by atoms with Crippen molar-refractivity contribution in [1.82, 2.24) is 0 Å². The lowest BCUT2D eigenvalue weighted by Crippen LogP contribution is -2.29. The lowest BCUT2D eigenvalue weighted by molar-refractivity contribution is -0.432. The van der Waals surface area contributed by atoms with Crippen LogP contribution in [0.1, 0.15) is 22.8 Å². The molecule has 3 rings (SSSR count). The molecule has 8 nitrogen and oxygen atoms in total. The molecule has 0 aliphatic carbocycles. The molecule has 0 bridgehead atoms. The van der Waals surface area contributed by atoms with Crippen molar-refractivity contribution < 1.29 is 18.8 Å². The van der Waals surface area contributed by atoms with Gasteiger partial charge < -0.3 is 19.6 Å². The zero-order valence-corrected chi connectivity index (χ0v) is 12.9. The van der Waals surface area contributed by atoms with Crippen molar-refractivity contribution in [2.75, 3.05) is 7.11 Å². The van der Waals surface area contributed by atoms with Crippen molar-refractivity contribution in [2.24, 2.45) is 5.73 Å². The minimum Gasteiger partial charge on any atom is -0.497 e. The van der Waals surface area contributed by atoms with E-state index in [9.17, 15) is 14.9 Å². The lowest BCUT2D eigenvalue weighted by Gasteiger charge is -2.23. The van der Waals surface area contributed by atoms with Gasteiger partial charge in [-0.2, -0.15) is 0 Å². The summed E-state index contributed by atoms with van der Waals surface area (Å²) in [5.74, 6) is -0.403. The number of aryl methyl sites for hydroxylation is 1. The standard InChI is InChI=1S/C16H14N2O6/c1-8-6-11-13(16(19)23-8)12(14(18(20)21)15(17)24-11)9-4-3-5-10(7-9)22-2/h3-7,12H,17H2,1-2H3. The first kappa shape index (κ1) is 15.6. The van der Waals surface area contributed by atoms with Gasteiger partial charge in [0.25, 0.3) is 5.88 Å². The van der Waals surface area contributed by atoms with E-state index in [1.807, 2.05) is 0 Å². The van der Waals surface area contributed by atoms with Crippen LogP contribution >= 0.6 is 0 Å². The number of rotatable bonds is 3. The number of nitrogens with two attached hydrogens (primary N) is 1. The normalized spacial score (nSPS) is 16.3. The molecule has 0 saturated heterocycles. The number of methoxy groups -OCH3 is 1. The first-order chi connectivity index (χ1) is 11.4. The quantitative estimate of drug-likeness (QED) is 0.674. The number of nitro groups is 1. The van der Waals surface area contributed by atoms with E-state index in [2.05, 4.69) is 0 Å². The molecule has 0 amide bonds. The Hall–Kier alpha value is -3.29. The van der Waals surface area contributed by atoms with Gasteiger partial charge in [-0.1, -0.05) is 12.1 Å². The predicted octanol–water partition coefficient (Wildman–Crippen LogP) is 1.89. The van der Waals surface area contributed by atoms with E-state index in [-0.39, 0.29) is 17.2 Å². The summed E-state index contributed by atoms with van der Waals surface area (Å²) in [6.45, 7) is 1.58. The minimum atomic E-state index is -1.02. The van der Waals surface area contributed by atoms with Gasteiger partial charge in [-0.25, -0.2) is 4.79 Å². The monoisotopic (exact) mass is 330 g/mol. The van der Waals surface area contributed by atoms with Gasteiger partial charge in [0.15, 0.2) is 0 Å². The van der Waals surface area contributed by atoms with Gasteiger partial charge in [0.1, 0.15) is 23.2 Å². The number of allylic oxidation sites excluding steroid dienone is 1. The molecule has 0 saturated carbocycles. The third-order valence-corrected chi connectivity index (χ3v) is 3.73. The molecule has 1 unspecified atom stereocenters. The highest BCUT2D eigenvalue weighted by Gasteiger charge is 2.41. The van der Waals surface area contributed by atoms with Gasteiger partial charge >= 0.3 is 11.3 Å². The van der Waals surface area contributed by atoms with E-state index < -0.39 is 22.2 Å². The number of ether oxygens (including phenoxy) is 2. The summed E-state index contributed by atoms with van der Waals surface area (Å²) in [6, 6.07) is 8.11.